The van der Waals surface area contributed by atoms with E-state index < -0.39 is 26.4 Å². The summed E-state index contributed by atoms with van der Waals surface area (Å²) < 4.78 is 31.7. The standard InChI is InChI=1S/C36H49ClN4O7Si/c1-49(2,3)17-16-44-22-41-35-28(38-36(41)48-30-21-46-33-29(42)20-45-34(30)33)19-27(37)32(39-35)24-8-10-25(11-9-24)40-14-12-23(13-15-40)18-31(43)47-26-6-4-5-7-26/h8-11,19,23,26,29-30,33-34,42H,4-7,12-18,20-22H2,1-3H3/t29-,30-,33-,34-/m1/s1. The lowest BCUT2D eigenvalue weighted by Gasteiger charge is -2.33. The third-order valence-electron chi connectivity index (χ3n) is 10.3. The quantitative estimate of drug-likeness (QED) is 0.135. The molecule has 4 aliphatic rings. The maximum Gasteiger partial charge on any atom is 0.306 e. The molecule has 3 aliphatic heterocycles. The summed E-state index contributed by atoms with van der Waals surface area (Å²) in [6.07, 6.45) is 5.11. The molecular formula is C36H49ClN4O7Si. The summed E-state index contributed by atoms with van der Waals surface area (Å²) in [4.78, 5) is 24.6. The van der Waals surface area contributed by atoms with Gasteiger partial charge in [0.1, 0.15) is 36.7 Å². The Morgan fingerprint density at radius 3 is 2.49 bits per heavy atom. The highest BCUT2D eigenvalue weighted by Gasteiger charge is 2.49. The lowest BCUT2D eigenvalue weighted by molar-refractivity contribution is -0.150. The number of anilines is 1. The highest BCUT2D eigenvalue weighted by atomic mass is 35.5. The number of pyridine rings is 1. The number of esters is 1. The molecule has 0 radical (unpaired) electrons. The summed E-state index contributed by atoms with van der Waals surface area (Å²) in [6.45, 7) is 10.2. The molecule has 4 atom stereocenters. The van der Waals surface area contributed by atoms with E-state index >= 15 is 0 Å². The van der Waals surface area contributed by atoms with Gasteiger partial charge in [0, 0.05) is 45.4 Å². The minimum Gasteiger partial charge on any atom is -0.462 e. The lowest BCUT2D eigenvalue weighted by atomic mass is 9.93. The van der Waals surface area contributed by atoms with Crippen molar-refractivity contribution in [3.8, 4) is 17.3 Å². The number of nitrogens with zero attached hydrogens (tertiary/aromatic N) is 4. The first kappa shape index (κ1) is 34.7. The fraction of sp³-hybridized carbons (Fsp3) is 0.639. The van der Waals surface area contributed by atoms with Gasteiger partial charge in [-0.2, -0.15) is 4.98 Å². The Balaban J connectivity index is 1.05. The molecule has 49 heavy (non-hydrogen) atoms. The lowest BCUT2D eigenvalue weighted by Crippen LogP contribution is -2.35. The number of aliphatic hydroxyl groups excluding tert-OH is 1. The first-order valence-electron chi connectivity index (χ1n) is 17.9. The van der Waals surface area contributed by atoms with Crippen molar-refractivity contribution in [1.82, 2.24) is 14.5 Å². The Bertz CT molecular complexity index is 1600. The molecule has 3 saturated heterocycles. The van der Waals surface area contributed by atoms with Crippen molar-refractivity contribution in [3.63, 3.8) is 0 Å². The van der Waals surface area contributed by atoms with Gasteiger partial charge in [-0.05, 0) is 68.7 Å². The van der Waals surface area contributed by atoms with Crippen LogP contribution in [0.4, 0.5) is 5.69 Å². The van der Waals surface area contributed by atoms with Crippen LogP contribution in [0, 0.1) is 5.92 Å². The van der Waals surface area contributed by atoms with Crippen LogP contribution in [-0.2, 0) is 30.5 Å². The van der Waals surface area contributed by atoms with Gasteiger partial charge in [-0.1, -0.05) is 43.4 Å². The van der Waals surface area contributed by atoms with Crippen molar-refractivity contribution in [2.75, 3.05) is 37.8 Å². The monoisotopic (exact) mass is 712 g/mol. The summed E-state index contributed by atoms with van der Waals surface area (Å²) in [7, 11) is -1.28. The predicted octanol–water partition coefficient (Wildman–Crippen LogP) is 6.06. The number of carbonyl (C=O) groups excluding carboxylic acids is 1. The number of halogens is 1. The van der Waals surface area contributed by atoms with E-state index in [1.54, 1.807) is 0 Å². The molecule has 1 N–H and O–H groups in total. The number of fused-ring (bicyclic) bond motifs is 2. The van der Waals surface area contributed by atoms with Crippen LogP contribution in [0.3, 0.4) is 0 Å². The molecule has 0 unspecified atom stereocenters. The summed E-state index contributed by atoms with van der Waals surface area (Å²) in [5, 5.41) is 10.7. The van der Waals surface area contributed by atoms with Crippen molar-refractivity contribution in [3.05, 3.63) is 35.4 Å². The fourth-order valence-electron chi connectivity index (χ4n) is 7.33. The van der Waals surface area contributed by atoms with Gasteiger partial charge in [-0.3, -0.25) is 9.36 Å². The molecule has 1 aromatic carbocycles. The Labute approximate surface area is 294 Å². The highest BCUT2D eigenvalue weighted by Crippen LogP contribution is 2.35. The summed E-state index contributed by atoms with van der Waals surface area (Å²) in [5.41, 5.74) is 3.91. The molecule has 0 bridgehead atoms. The third kappa shape index (κ3) is 8.10. The normalized spacial score (nSPS) is 25.0. The molecule has 1 saturated carbocycles. The van der Waals surface area contributed by atoms with Gasteiger partial charge in [0.15, 0.2) is 11.8 Å². The van der Waals surface area contributed by atoms with Crippen molar-refractivity contribution >= 4 is 42.5 Å². The molecule has 2 aromatic heterocycles. The zero-order valence-electron chi connectivity index (χ0n) is 28.8. The van der Waals surface area contributed by atoms with Crippen LogP contribution in [0.25, 0.3) is 22.4 Å². The van der Waals surface area contributed by atoms with Crippen LogP contribution in [-0.4, -0.2) is 97.1 Å². The number of hydrogen-bond acceptors (Lipinski definition) is 10. The average molecular weight is 713 g/mol. The van der Waals surface area contributed by atoms with Gasteiger partial charge < -0.3 is 33.7 Å². The summed E-state index contributed by atoms with van der Waals surface area (Å²) in [6, 6.07) is 11.6. The minimum atomic E-state index is -1.28. The van der Waals surface area contributed by atoms with Gasteiger partial charge in [-0.15, -0.1) is 0 Å². The smallest absolute Gasteiger partial charge is 0.306 e. The van der Waals surface area contributed by atoms with Gasteiger partial charge in [0.2, 0.25) is 0 Å². The van der Waals surface area contributed by atoms with Crippen LogP contribution in [0.2, 0.25) is 30.7 Å². The number of imidazole rings is 1. The molecule has 7 rings (SSSR count). The second-order valence-electron chi connectivity index (χ2n) is 15.2. The number of benzene rings is 1. The van der Waals surface area contributed by atoms with Gasteiger partial charge in [0.05, 0.1) is 23.9 Å². The maximum atomic E-state index is 12.5. The van der Waals surface area contributed by atoms with Gasteiger partial charge in [-0.25, -0.2) is 4.98 Å². The molecule has 1 aliphatic carbocycles. The van der Waals surface area contributed by atoms with Gasteiger partial charge in [0.25, 0.3) is 0 Å². The number of piperidine rings is 1. The Morgan fingerprint density at radius 2 is 1.76 bits per heavy atom. The number of carbonyl (C=O) groups is 1. The number of aromatic nitrogens is 3. The SMILES string of the molecule is C[Si](C)(C)CCOCn1c(O[C@@H]2CO[C@H]3[C@@H]2OC[C@H]3O)nc2cc(Cl)c(-c3ccc(N4CCC(CC(=O)OC5CCCC5)CC4)cc3)nc21. The van der Waals surface area contributed by atoms with E-state index in [1.165, 1.54) is 12.8 Å². The largest absolute Gasteiger partial charge is 0.462 e. The molecule has 4 fully saturated rings. The Morgan fingerprint density at radius 1 is 1.02 bits per heavy atom. The number of hydrogen-bond donors (Lipinski definition) is 1. The van der Waals surface area contributed by atoms with E-state index in [2.05, 4.69) is 48.8 Å². The van der Waals surface area contributed by atoms with Crippen molar-refractivity contribution < 1.29 is 33.6 Å². The predicted molar refractivity (Wildman–Crippen MR) is 190 cm³/mol. The fourth-order valence-corrected chi connectivity index (χ4v) is 8.34. The van der Waals surface area contributed by atoms with E-state index in [-0.39, 0.29) is 31.5 Å². The average Bonchev–Trinajstić information content (AvgIpc) is 3.87. The van der Waals surface area contributed by atoms with E-state index in [9.17, 15) is 9.90 Å². The van der Waals surface area contributed by atoms with Crippen molar-refractivity contribution in [1.29, 1.82) is 0 Å². The van der Waals surface area contributed by atoms with Crippen molar-refractivity contribution in [2.24, 2.45) is 5.92 Å². The van der Waals surface area contributed by atoms with E-state index in [0.717, 1.165) is 56.1 Å². The second-order valence-corrected chi connectivity index (χ2v) is 21.3. The zero-order valence-corrected chi connectivity index (χ0v) is 30.6. The number of ether oxygens (including phenoxy) is 5. The highest BCUT2D eigenvalue weighted by molar-refractivity contribution is 6.76. The molecule has 0 spiro atoms. The Hall–Kier alpha value is -2.74. The first-order chi connectivity index (χ1) is 23.6. The number of rotatable bonds is 12. The van der Waals surface area contributed by atoms with Crippen LogP contribution in [0.5, 0.6) is 6.01 Å². The van der Waals surface area contributed by atoms with E-state index in [4.69, 9.17) is 45.3 Å². The zero-order chi connectivity index (χ0) is 34.1. The first-order valence-corrected chi connectivity index (χ1v) is 22.0. The second kappa shape index (κ2) is 14.9. The van der Waals surface area contributed by atoms with Crippen LogP contribution < -0.4 is 9.64 Å². The van der Waals surface area contributed by atoms with Crippen molar-refractivity contribution in [2.45, 2.75) is 108 Å². The van der Waals surface area contributed by atoms with Crippen LogP contribution in [0.1, 0.15) is 44.9 Å². The van der Waals surface area contributed by atoms with E-state index in [1.807, 2.05) is 10.6 Å². The Kier molecular flexibility index (Phi) is 10.5. The van der Waals surface area contributed by atoms with Gasteiger partial charge >= 0.3 is 12.0 Å². The summed E-state index contributed by atoms with van der Waals surface area (Å²) >= 11 is 6.84. The number of aliphatic hydroxyl groups is 1. The molecule has 3 aromatic rings. The minimum absolute atomic E-state index is 0.0296. The molecular weight excluding hydrogens is 664 g/mol. The topological polar surface area (TPSA) is 117 Å². The molecule has 266 valence electrons. The van der Waals surface area contributed by atoms with Crippen LogP contribution >= 0.6 is 11.6 Å². The van der Waals surface area contributed by atoms with Crippen LogP contribution in [0.15, 0.2) is 30.3 Å². The molecule has 11 nitrogen and oxygen atoms in total. The molecule has 13 heteroatoms. The van der Waals surface area contributed by atoms with E-state index in [0.29, 0.717) is 53.4 Å². The molecule has 0 amide bonds. The molecule has 5 heterocycles. The third-order valence-corrected chi connectivity index (χ3v) is 12.3. The maximum absolute atomic E-state index is 12.5. The summed E-state index contributed by atoms with van der Waals surface area (Å²) in [5.74, 6) is 0.343.